The molecule has 2 rings (SSSR count). The lowest BCUT2D eigenvalue weighted by molar-refractivity contribution is -0.137. The van der Waals surface area contributed by atoms with Gasteiger partial charge in [0, 0.05) is 6.42 Å². The van der Waals surface area contributed by atoms with Crippen LogP contribution in [0.25, 0.3) is 0 Å². The van der Waals surface area contributed by atoms with Gasteiger partial charge < -0.3 is 11.1 Å². The zero-order valence-corrected chi connectivity index (χ0v) is 13.2. The quantitative estimate of drug-likeness (QED) is 0.840. The lowest BCUT2D eigenvalue weighted by Gasteiger charge is -2.16. The Bertz CT molecular complexity index is 728. The Balaban J connectivity index is 1.98. The molecule has 132 valence electrons. The molecule has 0 unspecified atom stereocenters. The third-order valence-corrected chi connectivity index (χ3v) is 3.61. The molecule has 7 heteroatoms. The van der Waals surface area contributed by atoms with E-state index in [0.717, 1.165) is 17.7 Å². The number of alkyl halides is 3. The van der Waals surface area contributed by atoms with Crippen LogP contribution in [0.2, 0.25) is 0 Å². The second kappa shape index (κ2) is 7.83. The van der Waals surface area contributed by atoms with Crippen molar-refractivity contribution in [2.75, 3.05) is 0 Å². The van der Waals surface area contributed by atoms with Gasteiger partial charge in [-0.3, -0.25) is 9.59 Å². The highest BCUT2D eigenvalue weighted by atomic mass is 19.4. The number of nitrogens with two attached hydrogens (primary N) is 1. The maximum Gasteiger partial charge on any atom is 0.416 e. The second-order valence-electron chi connectivity index (χ2n) is 5.58. The van der Waals surface area contributed by atoms with Crippen molar-refractivity contribution in [2.24, 2.45) is 5.73 Å². The fraction of sp³-hybridized carbons (Fsp3) is 0.222. The molecule has 0 bridgehead atoms. The number of hydrogen-bond donors (Lipinski definition) is 2. The number of rotatable bonds is 6. The molecule has 0 fully saturated rings. The van der Waals surface area contributed by atoms with Crippen LogP contribution >= 0.6 is 0 Å². The van der Waals surface area contributed by atoms with Gasteiger partial charge in [0.25, 0.3) is 0 Å². The predicted octanol–water partition coefficient (Wildman–Crippen LogP) is 2.46. The Hall–Kier alpha value is -2.83. The van der Waals surface area contributed by atoms with Crippen molar-refractivity contribution in [2.45, 2.75) is 25.1 Å². The number of carbonyl (C=O) groups excluding carboxylic acids is 2. The molecule has 0 aliphatic carbocycles. The molecule has 3 N–H and O–H groups in total. The van der Waals surface area contributed by atoms with Gasteiger partial charge in [-0.2, -0.15) is 13.2 Å². The van der Waals surface area contributed by atoms with E-state index < -0.39 is 29.6 Å². The minimum Gasteiger partial charge on any atom is -0.368 e. The van der Waals surface area contributed by atoms with Gasteiger partial charge in [-0.15, -0.1) is 0 Å². The number of hydrogen-bond acceptors (Lipinski definition) is 2. The SMILES string of the molecule is NC(=O)[C@H](Cc1ccccc1)NC(=O)Cc1ccc(C(F)(F)F)cc1. The summed E-state index contributed by atoms with van der Waals surface area (Å²) < 4.78 is 37.6. The second-order valence-corrected chi connectivity index (χ2v) is 5.58. The first kappa shape index (κ1) is 18.5. The van der Waals surface area contributed by atoms with E-state index in [1.807, 2.05) is 6.07 Å². The van der Waals surface area contributed by atoms with E-state index in [2.05, 4.69) is 5.32 Å². The average Bonchev–Trinajstić information content (AvgIpc) is 2.54. The molecule has 0 radical (unpaired) electrons. The van der Waals surface area contributed by atoms with E-state index in [1.54, 1.807) is 24.3 Å². The first-order valence-corrected chi connectivity index (χ1v) is 7.54. The zero-order chi connectivity index (χ0) is 18.4. The summed E-state index contributed by atoms with van der Waals surface area (Å²) in [5.41, 5.74) is 5.78. The molecular formula is C18H17F3N2O2. The highest BCUT2D eigenvalue weighted by Crippen LogP contribution is 2.29. The Morgan fingerprint density at radius 2 is 1.56 bits per heavy atom. The first-order valence-electron chi connectivity index (χ1n) is 7.54. The Morgan fingerprint density at radius 3 is 2.08 bits per heavy atom. The van der Waals surface area contributed by atoms with Crippen LogP contribution in [0.3, 0.4) is 0 Å². The Kier molecular flexibility index (Phi) is 5.80. The van der Waals surface area contributed by atoms with Crippen LogP contribution in [0, 0.1) is 0 Å². The lowest BCUT2D eigenvalue weighted by Crippen LogP contribution is -2.46. The Labute approximate surface area is 142 Å². The minimum absolute atomic E-state index is 0.142. The van der Waals surface area contributed by atoms with Gasteiger partial charge in [0.05, 0.1) is 12.0 Å². The van der Waals surface area contributed by atoms with Crippen molar-refractivity contribution in [3.8, 4) is 0 Å². The van der Waals surface area contributed by atoms with Crippen LogP contribution in [-0.4, -0.2) is 17.9 Å². The van der Waals surface area contributed by atoms with Crippen molar-refractivity contribution < 1.29 is 22.8 Å². The van der Waals surface area contributed by atoms with Crippen molar-refractivity contribution in [3.05, 3.63) is 71.3 Å². The number of halogens is 3. The van der Waals surface area contributed by atoms with Gasteiger partial charge in [0.15, 0.2) is 0 Å². The van der Waals surface area contributed by atoms with Crippen molar-refractivity contribution in [3.63, 3.8) is 0 Å². The van der Waals surface area contributed by atoms with E-state index in [9.17, 15) is 22.8 Å². The van der Waals surface area contributed by atoms with E-state index in [4.69, 9.17) is 5.73 Å². The molecule has 4 nitrogen and oxygen atoms in total. The highest BCUT2D eigenvalue weighted by Gasteiger charge is 2.30. The molecular weight excluding hydrogens is 333 g/mol. The summed E-state index contributed by atoms with van der Waals surface area (Å²) in [4.78, 5) is 23.6. The monoisotopic (exact) mass is 350 g/mol. The van der Waals surface area contributed by atoms with Gasteiger partial charge in [-0.25, -0.2) is 0 Å². The van der Waals surface area contributed by atoms with Crippen LogP contribution in [0.1, 0.15) is 16.7 Å². The molecule has 0 saturated carbocycles. The number of carbonyl (C=O) groups is 2. The van der Waals surface area contributed by atoms with Crippen LogP contribution in [0.5, 0.6) is 0 Å². The molecule has 0 spiro atoms. The first-order chi connectivity index (χ1) is 11.8. The molecule has 2 amide bonds. The van der Waals surface area contributed by atoms with E-state index in [1.165, 1.54) is 12.1 Å². The molecule has 0 aliphatic heterocycles. The van der Waals surface area contributed by atoms with Gasteiger partial charge in [-0.1, -0.05) is 42.5 Å². The summed E-state index contributed by atoms with van der Waals surface area (Å²) in [7, 11) is 0. The molecule has 2 aromatic rings. The summed E-state index contributed by atoms with van der Waals surface area (Å²) in [5.74, 6) is -1.16. The summed E-state index contributed by atoms with van der Waals surface area (Å²) in [6.45, 7) is 0. The number of nitrogens with one attached hydrogen (secondary N) is 1. The van der Waals surface area contributed by atoms with Crippen LogP contribution in [0.4, 0.5) is 13.2 Å². The predicted molar refractivity (Wildman–Crippen MR) is 86.4 cm³/mol. The largest absolute Gasteiger partial charge is 0.416 e. The van der Waals surface area contributed by atoms with Crippen LogP contribution in [-0.2, 0) is 28.6 Å². The normalized spacial score (nSPS) is 12.4. The maximum atomic E-state index is 12.5. The standard InChI is InChI=1S/C18H17F3N2O2/c19-18(20,21)14-8-6-13(7-9-14)11-16(24)23-15(17(22)25)10-12-4-2-1-3-5-12/h1-9,15H,10-11H2,(H2,22,25)(H,23,24)/t15-/m0/s1. The number of primary amides is 1. The summed E-state index contributed by atoms with van der Waals surface area (Å²) >= 11 is 0. The summed E-state index contributed by atoms with van der Waals surface area (Å²) in [6.07, 6.45) is -4.32. The molecule has 1 atom stereocenters. The zero-order valence-electron chi connectivity index (χ0n) is 13.2. The van der Waals surface area contributed by atoms with Crippen molar-refractivity contribution >= 4 is 11.8 Å². The number of amides is 2. The third-order valence-electron chi connectivity index (χ3n) is 3.61. The Morgan fingerprint density at radius 1 is 0.960 bits per heavy atom. The van der Waals surface area contributed by atoms with E-state index in [0.29, 0.717) is 5.56 Å². The van der Waals surface area contributed by atoms with Gasteiger partial charge in [-0.05, 0) is 23.3 Å². The lowest BCUT2D eigenvalue weighted by atomic mass is 10.0. The van der Waals surface area contributed by atoms with Gasteiger partial charge >= 0.3 is 6.18 Å². The maximum absolute atomic E-state index is 12.5. The smallest absolute Gasteiger partial charge is 0.368 e. The van der Waals surface area contributed by atoms with E-state index in [-0.39, 0.29) is 12.8 Å². The molecule has 0 aromatic heterocycles. The van der Waals surface area contributed by atoms with Crippen LogP contribution < -0.4 is 11.1 Å². The van der Waals surface area contributed by atoms with E-state index >= 15 is 0 Å². The topological polar surface area (TPSA) is 72.2 Å². The van der Waals surface area contributed by atoms with Crippen molar-refractivity contribution in [1.29, 1.82) is 0 Å². The molecule has 0 aliphatic rings. The third kappa shape index (κ3) is 5.63. The average molecular weight is 350 g/mol. The van der Waals surface area contributed by atoms with Crippen molar-refractivity contribution in [1.82, 2.24) is 5.32 Å². The molecule has 0 saturated heterocycles. The van der Waals surface area contributed by atoms with Gasteiger partial charge in [0.1, 0.15) is 6.04 Å². The molecule has 25 heavy (non-hydrogen) atoms. The minimum atomic E-state index is -4.42. The highest BCUT2D eigenvalue weighted by molar-refractivity contribution is 5.87. The molecule has 2 aromatic carbocycles. The molecule has 0 heterocycles. The number of benzene rings is 2. The fourth-order valence-electron chi connectivity index (χ4n) is 2.31. The summed E-state index contributed by atoms with van der Waals surface area (Å²) in [5, 5.41) is 2.52. The van der Waals surface area contributed by atoms with Gasteiger partial charge in [0.2, 0.25) is 11.8 Å². The summed E-state index contributed by atoms with van der Waals surface area (Å²) in [6, 6.07) is 12.5. The van der Waals surface area contributed by atoms with Crippen LogP contribution in [0.15, 0.2) is 54.6 Å². The fourth-order valence-corrected chi connectivity index (χ4v) is 2.31.